The summed E-state index contributed by atoms with van der Waals surface area (Å²) in [6, 6.07) is 13.0. The minimum absolute atomic E-state index is 0.117. The molecule has 0 unspecified atom stereocenters. The topological polar surface area (TPSA) is 93.7 Å². The van der Waals surface area contributed by atoms with Gasteiger partial charge in [-0.15, -0.1) is 0 Å². The Morgan fingerprint density at radius 2 is 1.52 bits per heavy atom. The van der Waals surface area contributed by atoms with Crippen LogP contribution in [0.15, 0.2) is 60.2 Å². The van der Waals surface area contributed by atoms with Crippen LogP contribution < -0.4 is 15.4 Å². The Kier molecular flexibility index (Phi) is 7.96. The van der Waals surface area contributed by atoms with Crippen molar-refractivity contribution in [1.82, 2.24) is 0 Å². The maximum Gasteiger partial charge on any atom is 0.513 e. The van der Waals surface area contributed by atoms with Gasteiger partial charge in [-0.3, -0.25) is 9.59 Å². The van der Waals surface area contributed by atoms with E-state index in [0.717, 1.165) is 5.57 Å². The van der Waals surface area contributed by atoms with Gasteiger partial charge in [0.2, 0.25) is 5.91 Å². The summed E-state index contributed by atoms with van der Waals surface area (Å²) in [5.74, 6) is -0.371. The predicted octanol–water partition coefficient (Wildman–Crippen LogP) is 5.41. The van der Waals surface area contributed by atoms with Gasteiger partial charge in [-0.1, -0.05) is 38.5 Å². The van der Waals surface area contributed by atoms with Crippen molar-refractivity contribution in [3.8, 4) is 5.75 Å². The van der Waals surface area contributed by atoms with E-state index in [4.69, 9.17) is 9.47 Å². The van der Waals surface area contributed by atoms with Crippen molar-refractivity contribution in [3.05, 3.63) is 65.7 Å². The highest BCUT2D eigenvalue weighted by molar-refractivity contribution is 6.08. The maximum absolute atomic E-state index is 12.6. The van der Waals surface area contributed by atoms with Crippen LogP contribution >= 0.6 is 0 Å². The minimum Gasteiger partial charge on any atom is -0.434 e. The molecule has 0 saturated carbocycles. The average Bonchev–Trinajstić information content (AvgIpc) is 2.69. The SMILES string of the molecule is CCOC(=O)Oc1ccc(C(=O)Nc2ccccc2NC(=O)/C=C(\C)C(C)(C)C)cc1. The van der Waals surface area contributed by atoms with Gasteiger partial charge in [0.05, 0.1) is 18.0 Å². The number of hydrogen-bond acceptors (Lipinski definition) is 5. The molecule has 0 aliphatic rings. The number of para-hydroxylation sites is 2. The number of carbonyl (C=O) groups excluding carboxylic acids is 3. The van der Waals surface area contributed by atoms with Crippen molar-refractivity contribution in [3.63, 3.8) is 0 Å². The highest BCUT2D eigenvalue weighted by atomic mass is 16.7. The highest BCUT2D eigenvalue weighted by Gasteiger charge is 2.15. The van der Waals surface area contributed by atoms with E-state index in [1.165, 1.54) is 24.3 Å². The molecule has 7 nitrogen and oxygen atoms in total. The third kappa shape index (κ3) is 7.29. The molecule has 31 heavy (non-hydrogen) atoms. The van der Waals surface area contributed by atoms with Crippen LogP contribution in [0, 0.1) is 5.41 Å². The molecule has 2 aromatic rings. The van der Waals surface area contributed by atoms with Gasteiger partial charge in [0.1, 0.15) is 5.75 Å². The number of benzene rings is 2. The number of amides is 2. The van der Waals surface area contributed by atoms with Crippen LogP contribution in [0.5, 0.6) is 5.75 Å². The summed E-state index contributed by atoms with van der Waals surface area (Å²) in [6.45, 7) is 9.89. The van der Waals surface area contributed by atoms with Crippen molar-refractivity contribution in [2.45, 2.75) is 34.6 Å². The minimum atomic E-state index is -0.805. The van der Waals surface area contributed by atoms with E-state index in [-0.39, 0.29) is 29.6 Å². The Morgan fingerprint density at radius 3 is 2.06 bits per heavy atom. The van der Waals surface area contributed by atoms with Gasteiger partial charge in [-0.2, -0.15) is 0 Å². The number of hydrogen-bond donors (Lipinski definition) is 2. The maximum atomic E-state index is 12.6. The highest BCUT2D eigenvalue weighted by Crippen LogP contribution is 2.26. The second kappa shape index (κ2) is 10.4. The summed E-state index contributed by atoms with van der Waals surface area (Å²) in [5.41, 5.74) is 2.14. The Labute approximate surface area is 182 Å². The van der Waals surface area contributed by atoms with E-state index in [1.807, 2.05) is 27.7 Å². The third-order valence-corrected chi connectivity index (χ3v) is 4.54. The van der Waals surface area contributed by atoms with Crippen molar-refractivity contribution in [1.29, 1.82) is 0 Å². The lowest BCUT2D eigenvalue weighted by Crippen LogP contribution is -2.17. The number of carbonyl (C=O) groups is 3. The van der Waals surface area contributed by atoms with Crippen LogP contribution in [0.1, 0.15) is 45.0 Å². The van der Waals surface area contributed by atoms with E-state index in [0.29, 0.717) is 16.9 Å². The monoisotopic (exact) mass is 424 g/mol. The van der Waals surface area contributed by atoms with Gasteiger partial charge in [-0.25, -0.2) is 4.79 Å². The predicted molar refractivity (Wildman–Crippen MR) is 120 cm³/mol. The fraction of sp³-hybridized carbons (Fsp3) is 0.292. The molecule has 164 valence electrons. The first-order valence-electron chi connectivity index (χ1n) is 9.95. The molecule has 0 aromatic heterocycles. The zero-order valence-corrected chi connectivity index (χ0v) is 18.4. The summed E-state index contributed by atoms with van der Waals surface area (Å²) < 4.78 is 9.69. The largest absolute Gasteiger partial charge is 0.513 e. The molecule has 2 aromatic carbocycles. The summed E-state index contributed by atoms with van der Waals surface area (Å²) in [4.78, 5) is 36.4. The van der Waals surface area contributed by atoms with Crippen molar-refractivity contribution in [2.75, 3.05) is 17.2 Å². The first-order chi connectivity index (χ1) is 14.6. The molecule has 0 saturated heterocycles. The second-order valence-electron chi connectivity index (χ2n) is 7.88. The van der Waals surface area contributed by atoms with Crippen molar-refractivity contribution < 1.29 is 23.9 Å². The number of anilines is 2. The van der Waals surface area contributed by atoms with Crippen LogP contribution in [-0.2, 0) is 9.53 Å². The number of nitrogens with one attached hydrogen (secondary N) is 2. The molecule has 7 heteroatoms. The number of rotatable bonds is 6. The third-order valence-electron chi connectivity index (χ3n) is 4.54. The molecule has 0 spiro atoms. The molecule has 0 radical (unpaired) electrons. The zero-order chi connectivity index (χ0) is 23.0. The second-order valence-corrected chi connectivity index (χ2v) is 7.88. The summed E-state index contributed by atoms with van der Waals surface area (Å²) in [5, 5.41) is 5.60. The lowest BCUT2D eigenvalue weighted by Gasteiger charge is -2.19. The first kappa shape index (κ1) is 23.7. The normalized spacial score (nSPS) is 11.5. The molecule has 0 atom stereocenters. The van der Waals surface area contributed by atoms with Gasteiger partial charge in [0.25, 0.3) is 5.91 Å². The van der Waals surface area contributed by atoms with Gasteiger partial charge in [0, 0.05) is 11.6 Å². The summed E-state index contributed by atoms with van der Waals surface area (Å²) >= 11 is 0. The quantitative estimate of drug-likeness (QED) is 0.368. The van der Waals surface area contributed by atoms with Crippen LogP contribution in [0.4, 0.5) is 16.2 Å². The summed E-state index contributed by atoms with van der Waals surface area (Å²) in [6.07, 6.45) is 0.751. The molecule has 0 bridgehead atoms. The van der Waals surface area contributed by atoms with E-state index < -0.39 is 6.16 Å². The lowest BCUT2D eigenvalue weighted by atomic mass is 9.87. The number of ether oxygens (including phenoxy) is 2. The van der Waals surface area contributed by atoms with Crippen LogP contribution in [0.3, 0.4) is 0 Å². The Hall–Kier alpha value is -3.61. The van der Waals surface area contributed by atoms with E-state index in [1.54, 1.807) is 37.3 Å². The van der Waals surface area contributed by atoms with Gasteiger partial charge in [-0.05, 0) is 55.7 Å². The van der Waals surface area contributed by atoms with Crippen LogP contribution in [-0.4, -0.2) is 24.6 Å². The standard InChI is InChI=1S/C24H28N2O5/c1-6-30-23(29)31-18-13-11-17(12-14-18)22(28)26-20-10-8-7-9-19(20)25-21(27)15-16(2)24(3,4)5/h7-15H,6H2,1-5H3,(H,25,27)(H,26,28)/b16-15+. The fourth-order valence-corrected chi connectivity index (χ4v) is 2.40. The molecular weight excluding hydrogens is 396 g/mol. The fourth-order valence-electron chi connectivity index (χ4n) is 2.40. The Balaban J connectivity index is 2.09. The Bertz CT molecular complexity index is 972. The molecule has 0 heterocycles. The zero-order valence-electron chi connectivity index (χ0n) is 18.4. The molecule has 2 N–H and O–H groups in total. The summed E-state index contributed by atoms with van der Waals surface area (Å²) in [7, 11) is 0. The molecule has 0 aliphatic heterocycles. The molecule has 2 amide bonds. The number of allylic oxidation sites excluding steroid dienone is 1. The molecule has 0 fully saturated rings. The van der Waals surface area contributed by atoms with E-state index in [9.17, 15) is 14.4 Å². The van der Waals surface area contributed by atoms with Crippen LogP contribution in [0.2, 0.25) is 0 Å². The van der Waals surface area contributed by atoms with E-state index in [2.05, 4.69) is 10.6 Å². The Morgan fingerprint density at radius 1 is 0.935 bits per heavy atom. The van der Waals surface area contributed by atoms with Gasteiger partial charge >= 0.3 is 6.16 Å². The molecular formula is C24H28N2O5. The molecule has 0 aliphatic carbocycles. The van der Waals surface area contributed by atoms with Crippen molar-refractivity contribution in [2.24, 2.45) is 5.41 Å². The van der Waals surface area contributed by atoms with Gasteiger partial charge < -0.3 is 20.1 Å². The van der Waals surface area contributed by atoms with Crippen LogP contribution in [0.25, 0.3) is 0 Å². The van der Waals surface area contributed by atoms with Gasteiger partial charge in [0.15, 0.2) is 0 Å². The lowest BCUT2D eigenvalue weighted by molar-refractivity contribution is -0.112. The average molecular weight is 424 g/mol. The van der Waals surface area contributed by atoms with Crippen molar-refractivity contribution >= 4 is 29.3 Å². The smallest absolute Gasteiger partial charge is 0.434 e. The first-order valence-corrected chi connectivity index (χ1v) is 9.95. The van der Waals surface area contributed by atoms with E-state index >= 15 is 0 Å². The molecule has 2 rings (SSSR count).